The number of amides is 3. The van der Waals surface area contributed by atoms with E-state index < -0.39 is 28.6 Å². The van der Waals surface area contributed by atoms with E-state index in [4.69, 9.17) is 0 Å². The van der Waals surface area contributed by atoms with Gasteiger partial charge in [-0.3, -0.25) is 29.4 Å². The Morgan fingerprint density at radius 3 is 2.53 bits per heavy atom. The van der Waals surface area contributed by atoms with Crippen molar-refractivity contribution in [3.05, 3.63) is 74.7 Å². The number of carbonyl (C=O) groups is 3. The van der Waals surface area contributed by atoms with Gasteiger partial charge in [-0.1, -0.05) is 24.3 Å². The number of benzene rings is 2. The first kappa shape index (κ1) is 22.9. The number of para-hydroxylation sites is 1. The number of carbonyl (C=O) groups excluding carboxylic acids is 3. The molecule has 1 fully saturated rings. The van der Waals surface area contributed by atoms with Crippen LogP contribution in [0.3, 0.4) is 0 Å². The molecule has 3 amide bonds. The Bertz CT molecular complexity index is 1090. The summed E-state index contributed by atoms with van der Waals surface area (Å²) in [4.78, 5) is 48.3. The molecule has 2 aromatic rings. The van der Waals surface area contributed by atoms with E-state index in [9.17, 15) is 33.3 Å². The first-order valence-electron chi connectivity index (χ1n) is 9.08. The van der Waals surface area contributed by atoms with Gasteiger partial charge in [0.25, 0.3) is 22.7 Å². The predicted octanol–water partition coefficient (Wildman–Crippen LogP) is 3.66. The Kier molecular flexibility index (Phi) is 7.15. The lowest BCUT2D eigenvalue weighted by atomic mass is 10.1. The fourth-order valence-electron chi connectivity index (χ4n) is 2.79. The van der Waals surface area contributed by atoms with Crippen LogP contribution in [0.15, 0.2) is 53.4 Å². The van der Waals surface area contributed by atoms with Crippen LogP contribution in [0.25, 0.3) is 6.08 Å². The highest BCUT2D eigenvalue weighted by atomic mass is 32.2. The molecule has 32 heavy (non-hydrogen) atoms. The van der Waals surface area contributed by atoms with Crippen molar-refractivity contribution in [3.63, 3.8) is 0 Å². The molecule has 0 spiro atoms. The Morgan fingerprint density at radius 2 is 1.88 bits per heavy atom. The van der Waals surface area contributed by atoms with Gasteiger partial charge in [0.15, 0.2) is 0 Å². The van der Waals surface area contributed by atoms with Crippen molar-refractivity contribution in [2.45, 2.75) is 6.61 Å². The van der Waals surface area contributed by atoms with E-state index in [1.54, 1.807) is 0 Å². The van der Waals surface area contributed by atoms with Gasteiger partial charge in [-0.15, -0.1) is 0 Å². The number of thioether (sulfide) groups is 1. The molecule has 0 aliphatic carbocycles. The second kappa shape index (κ2) is 10.0. The van der Waals surface area contributed by atoms with Crippen LogP contribution in [0.1, 0.15) is 15.9 Å². The lowest BCUT2D eigenvalue weighted by Crippen LogP contribution is -2.37. The molecule has 0 bridgehead atoms. The predicted molar refractivity (Wildman–Crippen MR) is 111 cm³/mol. The second-order valence-electron chi connectivity index (χ2n) is 6.31. The minimum absolute atomic E-state index is 0.0420. The van der Waals surface area contributed by atoms with E-state index in [1.807, 2.05) is 0 Å². The number of rotatable bonds is 8. The molecule has 3 rings (SSSR count). The monoisotopic (exact) mass is 463 g/mol. The molecule has 0 saturated carbocycles. The highest BCUT2D eigenvalue weighted by Gasteiger charge is 2.34. The minimum atomic E-state index is -2.95. The Labute approximate surface area is 184 Å². The van der Waals surface area contributed by atoms with Crippen LogP contribution in [0.2, 0.25) is 0 Å². The summed E-state index contributed by atoms with van der Waals surface area (Å²) in [6.07, 6.45) is 1.43. The average Bonchev–Trinajstić information content (AvgIpc) is 3.02. The van der Waals surface area contributed by atoms with E-state index in [0.717, 1.165) is 4.90 Å². The number of nitrogens with zero attached hydrogens (tertiary/aromatic N) is 2. The zero-order chi connectivity index (χ0) is 23.3. The number of hydrogen-bond acceptors (Lipinski definition) is 7. The van der Waals surface area contributed by atoms with Gasteiger partial charge in [-0.05, 0) is 41.6 Å². The van der Waals surface area contributed by atoms with Crippen LogP contribution in [0, 0.1) is 10.1 Å². The van der Waals surface area contributed by atoms with Crippen molar-refractivity contribution in [2.75, 3.05) is 13.1 Å². The molecule has 1 aliphatic heterocycles. The van der Waals surface area contributed by atoms with Gasteiger partial charge in [-0.25, -0.2) is 0 Å². The van der Waals surface area contributed by atoms with E-state index in [1.165, 1.54) is 54.6 Å². The minimum Gasteiger partial charge on any atom is -0.435 e. The summed E-state index contributed by atoms with van der Waals surface area (Å²) < 4.78 is 28.7. The van der Waals surface area contributed by atoms with E-state index >= 15 is 0 Å². The maximum atomic E-state index is 12.5. The van der Waals surface area contributed by atoms with Crippen molar-refractivity contribution < 1.29 is 32.8 Å². The Morgan fingerprint density at radius 1 is 1.19 bits per heavy atom. The smallest absolute Gasteiger partial charge is 0.387 e. The third kappa shape index (κ3) is 5.46. The maximum absolute atomic E-state index is 12.5. The molecule has 12 heteroatoms. The van der Waals surface area contributed by atoms with Gasteiger partial charge in [0.05, 0.1) is 9.83 Å². The molecule has 0 radical (unpaired) electrons. The van der Waals surface area contributed by atoms with Gasteiger partial charge >= 0.3 is 6.61 Å². The molecule has 166 valence electrons. The summed E-state index contributed by atoms with van der Waals surface area (Å²) in [5.41, 5.74) is 0.0108. The van der Waals surface area contributed by atoms with Gasteiger partial charge in [0.1, 0.15) is 11.3 Å². The largest absolute Gasteiger partial charge is 0.435 e. The van der Waals surface area contributed by atoms with Crippen molar-refractivity contribution in [3.8, 4) is 5.75 Å². The van der Waals surface area contributed by atoms with Crippen LogP contribution < -0.4 is 10.1 Å². The summed E-state index contributed by atoms with van der Waals surface area (Å²) in [6.45, 7) is -3.18. The highest BCUT2D eigenvalue weighted by Crippen LogP contribution is 2.32. The van der Waals surface area contributed by atoms with Crippen LogP contribution in [0.4, 0.5) is 19.3 Å². The zero-order valence-electron chi connectivity index (χ0n) is 16.2. The van der Waals surface area contributed by atoms with Gasteiger partial charge in [-0.2, -0.15) is 8.78 Å². The van der Waals surface area contributed by atoms with Crippen molar-refractivity contribution in [1.29, 1.82) is 0 Å². The average molecular weight is 463 g/mol. The van der Waals surface area contributed by atoms with Crippen molar-refractivity contribution >= 4 is 40.6 Å². The fraction of sp³-hybridized carbons (Fsp3) is 0.150. The molecule has 1 aliphatic rings. The van der Waals surface area contributed by atoms with Gasteiger partial charge < -0.3 is 10.1 Å². The number of ether oxygens (including phenoxy) is 1. The Balaban J connectivity index is 1.60. The summed E-state index contributed by atoms with van der Waals surface area (Å²) >= 11 is 0.698. The molecule has 0 aromatic heterocycles. The second-order valence-corrected chi connectivity index (χ2v) is 7.30. The van der Waals surface area contributed by atoms with Gasteiger partial charge in [0, 0.05) is 19.2 Å². The molecule has 2 aromatic carbocycles. The number of hydrogen-bond donors (Lipinski definition) is 1. The summed E-state index contributed by atoms with van der Waals surface area (Å²) in [5.74, 6) is -1.32. The number of imide groups is 1. The number of halogens is 2. The first-order valence-corrected chi connectivity index (χ1v) is 9.90. The quantitative estimate of drug-likeness (QED) is 0.360. The Hall–Kier alpha value is -3.80. The summed E-state index contributed by atoms with van der Waals surface area (Å²) in [6, 6.07) is 10.9. The molecule has 0 unspecified atom stereocenters. The number of nitro groups is 1. The molecular weight excluding hydrogens is 448 g/mol. The van der Waals surface area contributed by atoms with Crippen molar-refractivity contribution in [2.24, 2.45) is 0 Å². The lowest BCUT2D eigenvalue weighted by Gasteiger charge is -2.13. The number of nitrogens with one attached hydrogen (secondary N) is 1. The topological polar surface area (TPSA) is 119 Å². The van der Waals surface area contributed by atoms with Crippen LogP contribution in [-0.2, 0) is 4.79 Å². The third-order valence-corrected chi connectivity index (χ3v) is 5.15. The van der Waals surface area contributed by atoms with Crippen LogP contribution in [-0.4, -0.2) is 46.6 Å². The van der Waals surface area contributed by atoms with E-state index in [2.05, 4.69) is 10.1 Å². The highest BCUT2D eigenvalue weighted by molar-refractivity contribution is 8.18. The molecule has 1 saturated heterocycles. The molecule has 1 heterocycles. The number of alkyl halides is 2. The lowest BCUT2D eigenvalue weighted by molar-refractivity contribution is -0.385. The third-order valence-electron chi connectivity index (χ3n) is 4.24. The standard InChI is InChI=1S/C20H15F2N3O6S/c21-19(22)31-13-7-5-12(6-8-13)11-16-18(27)24(20(28)32-16)10-9-23-17(26)14-3-1-2-4-15(14)25(29)30/h1-8,11,19H,9-10H2,(H,23,26)/b16-11-. The molecular formula is C20H15F2N3O6S. The summed E-state index contributed by atoms with van der Waals surface area (Å²) in [5, 5.41) is 12.9. The van der Waals surface area contributed by atoms with E-state index in [0.29, 0.717) is 17.3 Å². The zero-order valence-corrected chi connectivity index (χ0v) is 17.0. The van der Waals surface area contributed by atoms with E-state index in [-0.39, 0.29) is 35.0 Å². The first-order chi connectivity index (χ1) is 15.3. The normalized spacial score (nSPS) is 14.8. The number of nitro benzene ring substituents is 1. The molecule has 9 nitrogen and oxygen atoms in total. The SMILES string of the molecule is O=C(NCCN1C(=O)S/C(=C\c2ccc(OC(F)F)cc2)C1=O)c1ccccc1[N+](=O)[O-]. The van der Waals surface area contributed by atoms with Gasteiger partial charge in [0.2, 0.25) is 0 Å². The molecule has 1 N–H and O–H groups in total. The summed E-state index contributed by atoms with van der Waals surface area (Å²) in [7, 11) is 0. The maximum Gasteiger partial charge on any atom is 0.387 e. The molecule has 0 atom stereocenters. The van der Waals surface area contributed by atoms with Crippen LogP contribution in [0.5, 0.6) is 5.75 Å². The fourth-order valence-corrected chi connectivity index (χ4v) is 3.66. The van der Waals surface area contributed by atoms with Crippen LogP contribution >= 0.6 is 11.8 Å². The van der Waals surface area contributed by atoms with Crippen molar-refractivity contribution in [1.82, 2.24) is 10.2 Å².